The highest BCUT2D eigenvalue weighted by Gasteiger charge is 2.14. The predicted octanol–water partition coefficient (Wildman–Crippen LogP) is 5.21. The normalized spacial score (nSPS) is 12.3. The Hall–Kier alpha value is -1.61. The number of benzene rings is 1. The lowest BCUT2D eigenvalue weighted by Gasteiger charge is -2.29. The molecule has 0 heterocycles. The molecule has 1 aromatic carbocycles. The fraction of sp³-hybridized carbons (Fsp3) is 0.609. The summed E-state index contributed by atoms with van der Waals surface area (Å²) < 4.78 is 1.03. The van der Waals surface area contributed by atoms with Crippen LogP contribution >= 0.6 is 0 Å². The number of hydrogen-bond acceptors (Lipinski definition) is 1. The molecule has 0 aliphatic heterocycles. The number of rotatable bonds is 14. The van der Waals surface area contributed by atoms with E-state index in [9.17, 15) is 4.79 Å². The molecule has 0 fully saturated rings. The number of allylic oxidation sites excluding steroid dienone is 1. The van der Waals surface area contributed by atoms with E-state index in [-0.39, 0.29) is 5.91 Å². The highest BCUT2D eigenvalue weighted by atomic mass is 16.1. The van der Waals surface area contributed by atoms with Crippen molar-refractivity contribution in [3.05, 3.63) is 47.5 Å². The first kappa shape index (κ1) is 22.4. The minimum atomic E-state index is -0.170. The summed E-state index contributed by atoms with van der Waals surface area (Å²) >= 11 is 0. The third kappa shape index (κ3) is 11.9. The third-order valence-electron chi connectivity index (χ3n) is 4.92. The van der Waals surface area contributed by atoms with Crippen LogP contribution in [0.2, 0.25) is 0 Å². The van der Waals surface area contributed by atoms with Gasteiger partial charge in [-0.25, -0.2) is 0 Å². The first-order chi connectivity index (χ1) is 12.4. The average Bonchev–Trinajstić information content (AvgIpc) is 2.57. The van der Waals surface area contributed by atoms with Gasteiger partial charge in [-0.1, -0.05) is 67.7 Å². The van der Waals surface area contributed by atoms with Crippen LogP contribution in [0.1, 0.15) is 70.3 Å². The monoisotopic (exact) mass is 359 g/mol. The summed E-state index contributed by atoms with van der Waals surface area (Å²) in [6.45, 7) is 4.53. The molecule has 0 radical (unpaired) electrons. The van der Waals surface area contributed by atoms with Gasteiger partial charge in [0.25, 0.3) is 0 Å². The molecule has 0 saturated carbocycles. The van der Waals surface area contributed by atoms with Gasteiger partial charge in [0, 0.05) is 18.4 Å². The second-order valence-corrected chi connectivity index (χ2v) is 8.23. The second-order valence-electron chi connectivity index (χ2n) is 8.23. The molecule has 0 bridgehead atoms. The van der Waals surface area contributed by atoms with E-state index < -0.39 is 0 Å². The van der Waals surface area contributed by atoms with E-state index in [1.165, 1.54) is 49.8 Å². The van der Waals surface area contributed by atoms with E-state index in [1.54, 1.807) is 0 Å². The first-order valence-corrected chi connectivity index (χ1v) is 10.2. The smallest absolute Gasteiger partial charge is 0.217 e. The quantitative estimate of drug-likeness (QED) is 0.277. The van der Waals surface area contributed by atoms with Crippen LogP contribution in [-0.2, 0) is 11.3 Å². The van der Waals surface area contributed by atoms with Crippen LogP contribution in [-0.4, -0.2) is 31.0 Å². The number of carbonyl (C=O) groups excluding carboxylic acids is 1. The molecule has 0 aliphatic carbocycles. The molecule has 0 spiro atoms. The van der Waals surface area contributed by atoms with Crippen LogP contribution in [0.15, 0.2) is 42.0 Å². The fourth-order valence-corrected chi connectivity index (χ4v) is 3.33. The lowest BCUT2D eigenvalue weighted by molar-refractivity contribution is -0.903. The zero-order chi connectivity index (χ0) is 19.3. The third-order valence-corrected chi connectivity index (χ3v) is 4.92. The topological polar surface area (TPSA) is 43.1 Å². The number of nitrogens with two attached hydrogens (primary N) is 1. The Balaban J connectivity index is 2.10. The summed E-state index contributed by atoms with van der Waals surface area (Å²) in [5, 5.41) is 0. The van der Waals surface area contributed by atoms with Crippen LogP contribution in [0.25, 0.3) is 0 Å². The first-order valence-electron chi connectivity index (χ1n) is 10.2. The number of unbranched alkanes of at least 4 members (excludes halogenated alkanes) is 5. The Morgan fingerprint density at radius 2 is 1.54 bits per heavy atom. The van der Waals surface area contributed by atoms with Crippen LogP contribution in [0.5, 0.6) is 0 Å². The van der Waals surface area contributed by atoms with Crippen molar-refractivity contribution < 1.29 is 9.28 Å². The standard InChI is InChI=1S/C23H38N2O/c1-21(14-9-6-4-5-7-12-18-23(24)26)15-13-19-25(2,3)20-22-16-10-8-11-17-22/h8,10-11,15-17H,4-7,9,12-14,18-20H2,1-3H3,(H-,24,26)/p+1. The average molecular weight is 360 g/mol. The van der Waals surface area contributed by atoms with Crippen molar-refractivity contribution >= 4 is 5.91 Å². The van der Waals surface area contributed by atoms with E-state index >= 15 is 0 Å². The number of nitrogens with zero attached hydrogens (tertiary/aromatic N) is 1. The Morgan fingerprint density at radius 1 is 0.962 bits per heavy atom. The maximum Gasteiger partial charge on any atom is 0.217 e. The Labute approximate surface area is 160 Å². The predicted molar refractivity (Wildman–Crippen MR) is 112 cm³/mol. The molecular formula is C23H39N2O+. The van der Waals surface area contributed by atoms with Crippen LogP contribution in [0.4, 0.5) is 0 Å². The van der Waals surface area contributed by atoms with Gasteiger partial charge in [0.1, 0.15) is 6.54 Å². The molecule has 2 N–H and O–H groups in total. The zero-order valence-electron chi connectivity index (χ0n) is 17.2. The van der Waals surface area contributed by atoms with Gasteiger partial charge >= 0.3 is 0 Å². The summed E-state index contributed by atoms with van der Waals surface area (Å²) in [6, 6.07) is 10.8. The van der Waals surface area contributed by atoms with Crippen molar-refractivity contribution in [2.75, 3.05) is 20.6 Å². The number of quaternary nitrogens is 1. The molecule has 26 heavy (non-hydrogen) atoms. The largest absolute Gasteiger partial charge is 0.370 e. The number of amides is 1. The molecule has 1 rings (SSSR count). The van der Waals surface area contributed by atoms with E-state index in [0.29, 0.717) is 6.42 Å². The van der Waals surface area contributed by atoms with E-state index in [2.05, 4.69) is 57.4 Å². The molecule has 0 unspecified atom stereocenters. The minimum Gasteiger partial charge on any atom is -0.370 e. The summed E-state index contributed by atoms with van der Waals surface area (Å²) in [5.74, 6) is -0.170. The van der Waals surface area contributed by atoms with Gasteiger partial charge in [0.15, 0.2) is 0 Å². The number of primary amides is 1. The van der Waals surface area contributed by atoms with Crippen molar-refractivity contribution in [2.24, 2.45) is 5.73 Å². The van der Waals surface area contributed by atoms with Crippen molar-refractivity contribution in [1.29, 1.82) is 0 Å². The second kappa shape index (κ2) is 12.7. The molecule has 0 saturated heterocycles. The number of hydrogen-bond donors (Lipinski definition) is 1. The Kier molecular flexibility index (Phi) is 11.0. The van der Waals surface area contributed by atoms with E-state index in [0.717, 1.165) is 30.3 Å². The van der Waals surface area contributed by atoms with Gasteiger partial charge in [-0.05, 0) is 26.2 Å². The SMILES string of the molecule is CC(=CCC[N+](C)(C)Cc1ccccc1)CCCCCCCCC(N)=O. The zero-order valence-corrected chi connectivity index (χ0v) is 17.2. The van der Waals surface area contributed by atoms with Crippen LogP contribution in [0.3, 0.4) is 0 Å². The van der Waals surface area contributed by atoms with Crippen LogP contribution < -0.4 is 5.73 Å². The summed E-state index contributed by atoms with van der Waals surface area (Å²) in [5.41, 5.74) is 8.08. The Morgan fingerprint density at radius 3 is 2.15 bits per heavy atom. The van der Waals surface area contributed by atoms with Gasteiger partial charge in [0.2, 0.25) is 5.91 Å². The highest BCUT2D eigenvalue weighted by Crippen LogP contribution is 2.14. The van der Waals surface area contributed by atoms with Gasteiger partial charge in [0.05, 0.1) is 20.6 Å². The maximum absolute atomic E-state index is 10.7. The Bertz CT molecular complexity index is 534. The van der Waals surface area contributed by atoms with Gasteiger partial charge in [-0.3, -0.25) is 4.79 Å². The van der Waals surface area contributed by atoms with Crippen molar-refractivity contribution in [2.45, 2.75) is 71.3 Å². The summed E-state index contributed by atoms with van der Waals surface area (Å²) in [4.78, 5) is 10.7. The van der Waals surface area contributed by atoms with Crippen molar-refractivity contribution in [3.8, 4) is 0 Å². The molecule has 146 valence electrons. The molecular weight excluding hydrogens is 320 g/mol. The summed E-state index contributed by atoms with van der Waals surface area (Å²) in [6.07, 6.45) is 12.5. The molecule has 0 aromatic heterocycles. The molecule has 1 amide bonds. The fourth-order valence-electron chi connectivity index (χ4n) is 3.33. The molecule has 0 aliphatic rings. The molecule has 3 nitrogen and oxygen atoms in total. The van der Waals surface area contributed by atoms with Gasteiger partial charge in [-0.2, -0.15) is 0 Å². The lowest BCUT2D eigenvalue weighted by Crippen LogP contribution is -2.39. The molecule has 1 aromatic rings. The lowest BCUT2D eigenvalue weighted by atomic mass is 10.0. The number of carbonyl (C=O) groups is 1. The molecule has 0 atom stereocenters. The maximum atomic E-state index is 10.7. The van der Waals surface area contributed by atoms with Crippen molar-refractivity contribution in [1.82, 2.24) is 0 Å². The highest BCUT2D eigenvalue weighted by molar-refractivity contribution is 5.73. The van der Waals surface area contributed by atoms with Crippen molar-refractivity contribution in [3.63, 3.8) is 0 Å². The minimum absolute atomic E-state index is 0.170. The van der Waals surface area contributed by atoms with Crippen LogP contribution in [0, 0.1) is 0 Å². The van der Waals surface area contributed by atoms with Gasteiger partial charge < -0.3 is 10.2 Å². The van der Waals surface area contributed by atoms with E-state index in [1.807, 2.05) is 0 Å². The molecule has 3 heteroatoms. The summed E-state index contributed by atoms with van der Waals surface area (Å²) in [7, 11) is 4.63. The van der Waals surface area contributed by atoms with Gasteiger partial charge in [-0.15, -0.1) is 0 Å². The van der Waals surface area contributed by atoms with E-state index in [4.69, 9.17) is 5.73 Å².